The van der Waals surface area contributed by atoms with Gasteiger partial charge in [0.25, 0.3) is 0 Å². The number of nitrogens with one attached hydrogen (secondary N) is 2. The maximum atomic E-state index is 11.8. The molecule has 1 aliphatic rings. The van der Waals surface area contributed by atoms with Crippen LogP contribution < -0.4 is 10.0 Å². The Morgan fingerprint density at radius 1 is 1.50 bits per heavy atom. The minimum Gasteiger partial charge on any atom is -0.381 e. The molecule has 0 saturated carbocycles. The normalized spacial score (nSPS) is 25.9. The summed E-state index contributed by atoms with van der Waals surface area (Å²) in [6.45, 7) is 7.52. The van der Waals surface area contributed by atoms with Crippen LogP contribution in [0.5, 0.6) is 0 Å². The van der Waals surface area contributed by atoms with Gasteiger partial charge in [-0.05, 0) is 31.7 Å². The SMILES string of the molecule is COC(C)CS(=O)(=O)NCC1NCCCC1(C)C. The quantitative estimate of drug-likeness (QED) is 0.751. The Morgan fingerprint density at radius 2 is 2.17 bits per heavy atom. The molecule has 108 valence electrons. The van der Waals surface area contributed by atoms with Crippen LogP contribution in [0.15, 0.2) is 0 Å². The fraction of sp³-hybridized carbons (Fsp3) is 1.00. The van der Waals surface area contributed by atoms with E-state index >= 15 is 0 Å². The van der Waals surface area contributed by atoms with Crippen LogP contribution in [-0.2, 0) is 14.8 Å². The van der Waals surface area contributed by atoms with Gasteiger partial charge >= 0.3 is 0 Å². The third-order valence-corrected chi connectivity index (χ3v) is 5.21. The Labute approximate surface area is 111 Å². The molecule has 0 aliphatic carbocycles. The van der Waals surface area contributed by atoms with Gasteiger partial charge in [-0.2, -0.15) is 0 Å². The van der Waals surface area contributed by atoms with Gasteiger partial charge in [0, 0.05) is 19.7 Å². The summed E-state index contributed by atoms with van der Waals surface area (Å²) < 4.78 is 31.3. The number of rotatable bonds is 6. The Morgan fingerprint density at radius 3 is 2.72 bits per heavy atom. The van der Waals surface area contributed by atoms with Crippen molar-refractivity contribution in [3.63, 3.8) is 0 Å². The molecule has 0 radical (unpaired) electrons. The van der Waals surface area contributed by atoms with E-state index in [1.807, 2.05) is 0 Å². The summed E-state index contributed by atoms with van der Waals surface area (Å²) in [6.07, 6.45) is 1.99. The predicted molar refractivity (Wildman–Crippen MR) is 73.1 cm³/mol. The zero-order valence-electron chi connectivity index (χ0n) is 11.8. The van der Waals surface area contributed by atoms with Gasteiger partial charge in [0.15, 0.2) is 0 Å². The van der Waals surface area contributed by atoms with Gasteiger partial charge in [0.1, 0.15) is 0 Å². The van der Waals surface area contributed by atoms with E-state index < -0.39 is 10.0 Å². The van der Waals surface area contributed by atoms with E-state index in [9.17, 15) is 8.42 Å². The van der Waals surface area contributed by atoms with Crippen molar-refractivity contribution in [2.75, 3.05) is 26.0 Å². The maximum Gasteiger partial charge on any atom is 0.214 e. The highest BCUT2D eigenvalue weighted by Gasteiger charge is 2.32. The second-order valence-electron chi connectivity index (χ2n) is 5.78. The molecule has 0 bridgehead atoms. The topological polar surface area (TPSA) is 67.4 Å². The number of hydrogen-bond donors (Lipinski definition) is 2. The molecule has 5 nitrogen and oxygen atoms in total. The van der Waals surface area contributed by atoms with E-state index in [1.54, 1.807) is 6.92 Å². The fourth-order valence-corrected chi connectivity index (χ4v) is 3.56. The highest BCUT2D eigenvalue weighted by atomic mass is 32.2. The number of ether oxygens (including phenoxy) is 1. The lowest BCUT2D eigenvalue weighted by atomic mass is 9.78. The average molecular weight is 278 g/mol. The molecule has 0 amide bonds. The second-order valence-corrected chi connectivity index (χ2v) is 7.63. The number of hydrogen-bond acceptors (Lipinski definition) is 4. The van der Waals surface area contributed by atoms with Gasteiger partial charge in [0.2, 0.25) is 10.0 Å². The molecule has 1 fully saturated rings. The first-order valence-electron chi connectivity index (χ1n) is 6.50. The molecular weight excluding hydrogens is 252 g/mol. The summed E-state index contributed by atoms with van der Waals surface area (Å²) in [7, 11) is -1.74. The Bertz CT molecular complexity index is 354. The molecule has 0 aromatic carbocycles. The minimum atomic E-state index is -3.26. The van der Waals surface area contributed by atoms with Gasteiger partial charge in [-0.3, -0.25) is 0 Å². The summed E-state index contributed by atoms with van der Waals surface area (Å²) in [4.78, 5) is 0. The van der Waals surface area contributed by atoms with Crippen LogP contribution in [0, 0.1) is 5.41 Å². The standard InChI is InChI=1S/C12H26N2O3S/c1-10(17-4)9-18(15,16)14-8-11-12(2,3)6-5-7-13-11/h10-11,13-14H,5-9H2,1-4H3. The van der Waals surface area contributed by atoms with Gasteiger partial charge in [-0.1, -0.05) is 13.8 Å². The first kappa shape index (κ1) is 15.9. The molecule has 2 N–H and O–H groups in total. The van der Waals surface area contributed by atoms with E-state index in [-0.39, 0.29) is 23.3 Å². The third kappa shape index (κ3) is 4.84. The van der Waals surface area contributed by atoms with Crippen molar-refractivity contribution in [2.24, 2.45) is 5.41 Å². The molecule has 2 unspecified atom stereocenters. The summed E-state index contributed by atoms with van der Waals surface area (Å²) in [5.74, 6) is 0.0106. The lowest BCUT2D eigenvalue weighted by molar-refractivity contribution is 0.136. The Kier molecular flexibility index (Phi) is 5.58. The lowest BCUT2D eigenvalue weighted by Crippen LogP contribution is -2.53. The molecule has 1 rings (SSSR count). The van der Waals surface area contributed by atoms with Crippen LogP contribution in [0.4, 0.5) is 0 Å². The molecule has 1 saturated heterocycles. The van der Waals surface area contributed by atoms with Crippen molar-refractivity contribution < 1.29 is 13.2 Å². The monoisotopic (exact) mass is 278 g/mol. The van der Waals surface area contributed by atoms with Gasteiger partial charge < -0.3 is 10.1 Å². The summed E-state index contributed by atoms with van der Waals surface area (Å²) in [5, 5.41) is 3.39. The van der Waals surface area contributed by atoms with Crippen LogP contribution in [0.2, 0.25) is 0 Å². The van der Waals surface area contributed by atoms with Crippen molar-refractivity contribution in [1.82, 2.24) is 10.0 Å². The largest absolute Gasteiger partial charge is 0.381 e. The molecule has 1 aliphatic heterocycles. The molecule has 18 heavy (non-hydrogen) atoms. The van der Waals surface area contributed by atoms with E-state index in [0.717, 1.165) is 19.4 Å². The second kappa shape index (κ2) is 6.32. The fourth-order valence-electron chi connectivity index (χ4n) is 2.27. The van der Waals surface area contributed by atoms with E-state index in [2.05, 4.69) is 23.9 Å². The first-order chi connectivity index (χ1) is 8.27. The van der Waals surface area contributed by atoms with Crippen molar-refractivity contribution >= 4 is 10.0 Å². The number of methoxy groups -OCH3 is 1. The first-order valence-corrected chi connectivity index (χ1v) is 8.15. The van der Waals surface area contributed by atoms with Crippen molar-refractivity contribution in [1.29, 1.82) is 0 Å². The Hall–Kier alpha value is -0.170. The highest BCUT2D eigenvalue weighted by Crippen LogP contribution is 2.29. The molecular formula is C12H26N2O3S. The molecule has 0 aromatic rings. The Balaban J connectivity index is 2.48. The van der Waals surface area contributed by atoms with E-state index in [0.29, 0.717) is 6.54 Å². The summed E-state index contributed by atoms with van der Waals surface area (Å²) in [5.41, 5.74) is 0.133. The summed E-state index contributed by atoms with van der Waals surface area (Å²) >= 11 is 0. The molecule has 0 spiro atoms. The molecule has 1 heterocycles. The smallest absolute Gasteiger partial charge is 0.214 e. The van der Waals surface area contributed by atoms with Gasteiger partial charge in [-0.25, -0.2) is 13.1 Å². The molecule has 6 heteroatoms. The minimum absolute atomic E-state index is 0.0106. The lowest BCUT2D eigenvalue weighted by Gasteiger charge is -2.39. The van der Waals surface area contributed by atoms with Crippen LogP contribution in [0.3, 0.4) is 0 Å². The molecule has 0 aromatic heterocycles. The number of piperidine rings is 1. The van der Waals surface area contributed by atoms with Crippen LogP contribution >= 0.6 is 0 Å². The van der Waals surface area contributed by atoms with Crippen molar-refractivity contribution in [3.8, 4) is 0 Å². The molecule has 2 atom stereocenters. The highest BCUT2D eigenvalue weighted by molar-refractivity contribution is 7.89. The van der Waals surface area contributed by atoms with Crippen LogP contribution in [-0.4, -0.2) is 46.5 Å². The van der Waals surface area contributed by atoms with E-state index in [1.165, 1.54) is 7.11 Å². The van der Waals surface area contributed by atoms with Crippen LogP contribution in [0.25, 0.3) is 0 Å². The zero-order chi connectivity index (χ0) is 13.8. The maximum absolute atomic E-state index is 11.8. The van der Waals surface area contributed by atoms with Crippen molar-refractivity contribution in [2.45, 2.75) is 45.8 Å². The van der Waals surface area contributed by atoms with E-state index in [4.69, 9.17) is 4.74 Å². The average Bonchev–Trinajstić information content (AvgIpc) is 2.26. The zero-order valence-corrected chi connectivity index (χ0v) is 12.6. The van der Waals surface area contributed by atoms with Crippen molar-refractivity contribution in [3.05, 3.63) is 0 Å². The number of sulfonamides is 1. The van der Waals surface area contributed by atoms with Gasteiger partial charge in [-0.15, -0.1) is 0 Å². The summed E-state index contributed by atoms with van der Waals surface area (Å²) in [6, 6.07) is 0.193. The van der Waals surface area contributed by atoms with Crippen LogP contribution in [0.1, 0.15) is 33.6 Å². The van der Waals surface area contributed by atoms with Gasteiger partial charge in [0.05, 0.1) is 11.9 Å². The predicted octanol–water partition coefficient (Wildman–Crippen LogP) is 0.719. The third-order valence-electron chi connectivity index (χ3n) is 3.70.